The Labute approximate surface area is 192 Å². The highest BCUT2D eigenvalue weighted by atomic mass is 127. The lowest BCUT2D eigenvalue weighted by Crippen LogP contribution is -2.36. The minimum Gasteiger partial charge on any atom is -0.491 e. The van der Waals surface area contributed by atoms with Gasteiger partial charge in [-0.1, -0.05) is 24.3 Å². The molecular formula is C21H27F3IN3O2. The lowest BCUT2D eigenvalue weighted by Gasteiger charge is -2.12. The van der Waals surface area contributed by atoms with E-state index in [2.05, 4.69) is 15.6 Å². The number of aliphatic imine (C=N–C) groups is 1. The zero-order chi connectivity index (χ0) is 21.1. The highest BCUT2D eigenvalue weighted by Gasteiger charge is 2.30. The summed E-state index contributed by atoms with van der Waals surface area (Å²) in [6.07, 6.45) is -4.36. The number of rotatable bonds is 9. The van der Waals surface area contributed by atoms with Crippen LogP contribution in [0, 0.1) is 0 Å². The molecule has 0 heterocycles. The number of hydrogen-bond acceptors (Lipinski definition) is 3. The van der Waals surface area contributed by atoms with Crippen LogP contribution in [0.2, 0.25) is 0 Å². The number of halogens is 4. The molecular weight excluding hydrogens is 510 g/mol. The maximum absolute atomic E-state index is 12.8. The largest absolute Gasteiger partial charge is 0.491 e. The molecule has 9 heteroatoms. The summed E-state index contributed by atoms with van der Waals surface area (Å²) in [5.41, 5.74) is 0.847. The van der Waals surface area contributed by atoms with Crippen molar-refractivity contribution in [3.8, 4) is 5.75 Å². The lowest BCUT2D eigenvalue weighted by molar-refractivity contribution is -0.137. The minimum atomic E-state index is -4.36. The average Bonchev–Trinajstić information content (AvgIpc) is 2.71. The summed E-state index contributed by atoms with van der Waals surface area (Å²) >= 11 is 0. The molecule has 0 radical (unpaired) electrons. The summed E-state index contributed by atoms with van der Waals surface area (Å²) in [6, 6.07) is 12.8. The average molecular weight is 537 g/mol. The van der Waals surface area contributed by atoms with Crippen LogP contribution in [0.1, 0.15) is 23.6 Å². The molecule has 0 unspecified atom stereocenters. The van der Waals surface area contributed by atoms with Gasteiger partial charge in [0.1, 0.15) is 12.4 Å². The minimum absolute atomic E-state index is 0. The van der Waals surface area contributed by atoms with Crippen LogP contribution in [0.25, 0.3) is 0 Å². The molecule has 2 aromatic rings. The van der Waals surface area contributed by atoms with Crippen molar-refractivity contribution in [3.63, 3.8) is 0 Å². The van der Waals surface area contributed by atoms with Gasteiger partial charge in [0.05, 0.1) is 18.7 Å². The van der Waals surface area contributed by atoms with Crippen molar-refractivity contribution in [2.45, 2.75) is 26.2 Å². The smallest absolute Gasteiger partial charge is 0.416 e. The monoisotopic (exact) mass is 537 g/mol. The molecule has 2 rings (SSSR count). The molecule has 0 saturated heterocycles. The Morgan fingerprint density at radius 1 is 1.00 bits per heavy atom. The van der Waals surface area contributed by atoms with Crippen molar-refractivity contribution >= 4 is 29.9 Å². The van der Waals surface area contributed by atoms with Gasteiger partial charge >= 0.3 is 6.18 Å². The van der Waals surface area contributed by atoms with Crippen LogP contribution in [-0.2, 0) is 24.0 Å². The third-order valence-electron chi connectivity index (χ3n) is 3.96. The number of hydrogen-bond donors (Lipinski definition) is 2. The van der Waals surface area contributed by atoms with Crippen molar-refractivity contribution in [1.29, 1.82) is 0 Å². The number of guanidine groups is 1. The van der Waals surface area contributed by atoms with Gasteiger partial charge in [-0.15, -0.1) is 24.0 Å². The molecule has 166 valence electrons. The van der Waals surface area contributed by atoms with Gasteiger partial charge < -0.3 is 20.1 Å². The zero-order valence-corrected chi connectivity index (χ0v) is 19.3. The number of nitrogens with zero attached hydrogens (tertiary/aromatic N) is 1. The van der Waals surface area contributed by atoms with E-state index < -0.39 is 11.7 Å². The van der Waals surface area contributed by atoms with Gasteiger partial charge in [-0.3, -0.25) is 0 Å². The summed E-state index contributed by atoms with van der Waals surface area (Å²) in [5, 5.41) is 6.27. The summed E-state index contributed by atoms with van der Waals surface area (Å²) in [6.45, 7) is 4.24. The first kappa shape index (κ1) is 26.0. The number of alkyl halides is 3. The molecule has 2 N–H and O–H groups in total. The maximum Gasteiger partial charge on any atom is 0.416 e. The number of benzene rings is 2. The zero-order valence-electron chi connectivity index (χ0n) is 17.0. The molecule has 0 saturated carbocycles. The van der Waals surface area contributed by atoms with Crippen LogP contribution >= 0.6 is 24.0 Å². The second-order valence-corrected chi connectivity index (χ2v) is 6.23. The Hall–Kier alpha value is -2.01. The van der Waals surface area contributed by atoms with Crippen LogP contribution in [-0.4, -0.2) is 32.8 Å². The van der Waals surface area contributed by atoms with Crippen molar-refractivity contribution in [1.82, 2.24) is 10.6 Å². The Morgan fingerprint density at radius 2 is 1.73 bits per heavy atom. The molecule has 0 bridgehead atoms. The maximum atomic E-state index is 12.8. The van der Waals surface area contributed by atoms with Crippen molar-refractivity contribution in [2.75, 3.05) is 26.9 Å². The quantitative estimate of drug-likeness (QED) is 0.213. The lowest BCUT2D eigenvalue weighted by atomic mass is 10.1. The highest BCUT2D eigenvalue weighted by Crippen LogP contribution is 2.29. The molecule has 0 atom stereocenters. The molecule has 0 spiro atoms. The number of methoxy groups -OCH3 is 1. The van der Waals surface area contributed by atoms with Crippen molar-refractivity contribution in [3.05, 3.63) is 65.2 Å². The predicted molar refractivity (Wildman–Crippen MR) is 122 cm³/mol. The third-order valence-corrected chi connectivity index (χ3v) is 3.96. The standard InChI is InChI=1S/C21H26F3N3O2.HI/c1-3-25-20(27-15-17-5-4-6-18(13-17)21(22,23)24)26-14-16-7-9-19(10-8-16)29-12-11-28-2;/h4-10,13H,3,11-12,14-15H2,1-2H3,(H2,25,26,27);1H. The molecule has 0 amide bonds. The van der Waals surface area contributed by atoms with E-state index in [-0.39, 0.29) is 30.5 Å². The van der Waals surface area contributed by atoms with E-state index in [0.29, 0.717) is 37.8 Å². The fourth-order valence-corrected chi connectivity index (χ4v) is 2.49. The summed E-state index contributed by atoms with van der Waals surface area (Å²) < 4.78 is 49.0. The van der Waals surface area contributed by atoms with Crippen LogP contribution in [0.4, 0.5) is 13.2 Å². The predicted octanol–water partition coefficient (Wildman–Crippen LogP) is 4.60. The topological polar surface area (TPSA) is 54.9 Å². The van der Waals surface area contributed by atoms with Gasteiger partial charge in [-0.25, -0.2) is 4.99 Å². The molecule has 2 aromatic carbocycles. The third kappa shape index (κ3) is 9.21. The second kappa shape index (κ2) is 13.3. The molecule has 0 aliphatic heterocycles. The van der Waals surface area contributed by atoms with Crippen LogP contribution < -0.4 is 15.4 Å². The fourth-order valence-electron chi connectivity index (χ4n) is 2.49. The van der Waals surface area contributed by atoms with Crippen LogP contribution in [0.15, 0.2) is 53.5 Å². The first-order chi connectivity index (χ1) is 13.9. The van der Waals surface area contributed by atoms with E-state index in [4.69, 9.17) is 9.47 Å². The van der Waals surface area contributed by atoms with E-state index in [9.17, 15) is 13.2 Å². The van der Waals surface area contributed by atoms with Crippen molar-refractivity contribution in [2.24, 2.45) is 4.99 Å². The fraction of sp³-hybridized carbons (Fsp3) is 0.381. The van der Waals surface area contributed by atoms with E-state index in [1.807, 2.05) is 31.2 Å². The van der Waals surface area contributed by atoms with E-state index in [1.54, 1.807) is 13.2 Å². The summed E-state index contributed by atoms with van der Waals surface area (Å²) in [4.78, 5) is 4.38. The van der Waals surface area contributed by atoms with Gasteiger partial charge in [0.15, 0.2) is 5.96 Å². The van der Waals surface area contributed by atoms with E-state index in [1.165, 1.54) is 6.07 Å². The van der Waals surface area contributed by atoms with E-state index >= 15 is 0 Å². The van der Waals surface area contributed by atoms with Crippen LogP contribution in [0.3, 0.4) is 0 Å². The highest BCUT2D eigenvalue weighted by molar-refractivity contribution is 14.0. The molecule has 30 heavy (non-hydrogen) atoms. The summed E-state index contributed by atoms with van der Waals surface area (Å²) in [7, 11) is 1.62. The summed E-state index contributed by atoms with van der Waals surface area (Å²) in [5.74, 6) is 1.29. The first-order valence-corrected chi connectivity index (χ1v) is 9.31. The van der Waals surface area contributed by atoms with Gasteiger partial charge in [0, 0.05) is 20.2 Å². The SMILES string of the molecule is CCNC(=NCc1cccc(C(F)(F)F)c1)NCc1ccc(OCCOC)cc1.I. The Morgan fingerprint density at radius 3 is 2.37 bits per heavy atom. The normalized spacial score (nSPS) is 11.6. The molecule has 0 fully saturated rings. The number of nitrogens with one attached hydrogen (secondary N) is 2. The molecule has 0 aromatic heterocycles. The molecule has 0 aliphatic carbocycles. The van der Waals surface area contributed by atoms with E-state index in [0.717, 1.165) is 23.4 Å². The Kier molecular flexibility index (Phi) is 11.6. The molecule has 5 nitrogen and oxygen atoms in total. The van der Waals surface area contributed by atoms with Gasteiger partial charge in [0.2, 0.25) is 0 Å². The first-order valence-electron chi connectivity index (χ1n) is 9.31. The number of ether oxygens (including phenoxy) is 2. The second-order valence-electron chi connectivity index (χ2n) is 6.23. The van der Waals surface area contributed by atoms with Gasteiger partial charge in [-0.05, 0) is 42.3 Å². The Balaban J connectivity index is 0.00000450. The molecule has 0 aliphatic rings. The van der Waals surface area contributed by atoms with Gasteiger partial charge in [-0.2, -0.15) is 13.2 Å². The van der Waals surface area contributed by atoms with Gasteiger partial charge in [0.25, 0.3) is 0 Å². The Bertz CT molecular complexity index is 784. The van der Waals surface area contributed by atoms with Crippen molar-refractivity contribution < 1.29 is 22.6 Å². The van der Waals surface area contributed by atoms with Crippen LogP contribution in [0.5, 0.6) is 5.75 Å².